The van der Waals surface area contributed by atoms with Crippen molar-refractivity contribution < 1.29 is 72.5 Å². The highest BCUT2D eigenvalue weighted by Gasteiger charge is 2.78. The van der Waals surface area contributed by atoms with Crippen LogP contribution in [-0.4, -0.2) is 112 Å². The van der Waals surface area contributed by atoms with Gasteiger partial charge in [-0.25, -0.2) is 14.4 Å². The largest absolute Gasteiger partial charge is 0.460 e. The van der Waals surface area contributed by atoms with E-state index in [-0.39, 0.29) is 37.2 Å². The molecule has 0 spiro atoms. The number of carbonyl (C=O) groups is 6. The number of ether oxygens (including phenoxy) is 6. The molecule has 0 radical (unpaired) electrons. The molecule has 1 saturated heterocycles. The van der Waals surface area contributed by atoms with Gasteiger partial charge in [0.15, 0.2) is 17.5 Å². The van der Waals surface area contributed by atoms with Crippen LogP contribution in [0, 0.1) is 40.9 Å². The SMILES string of the molecule is C#CCCOC(=O)NC(C(C)C)C(O)C(=O)OC1CC2(O)C(OC(=O)c3ccccc3)C3[C@]4(OC(C)=O)COC4CC(O)[C@@]3(C)C(=O)C(OC(C)=O)=C(C1C)C2(C)C. The molecule has 5 rings (SSSR count). The number of aliphatic hydroxyl groups excluding tert-OH is 2. The Hall–Kier alpha value is -4.82. The summed E-state index contributed by atoms with van der Waals surface area (Å²) in [5.74, 6) is -6.14. The zero-order valence-electron chi connectivity index (χ0n) is 33.9. The minimum absolute atomic E-state index is 0.00878. The molecule has 1 heterocycles. The number of benzene rings is 1. The molecule has 3 fully saturated rings. The average molecular weight is 812 g/mol. The van der Waals surface area contributed by atoms with Crippen molar-refractivity contribution >= 4 is 35.8 Å². The second-order valence-corrected chi connectivity index (χ2v) is 16.7. The first-order chi connectivity index (χ1) is 27.1. The molecule has 1 aliphatic heterocycles. The Bertz CT molecular complexity index is 1890. The maximum atomic E-state index is 15.3. The van der Waals surface area contributed by atoms with Gasteiger partial charge < -0.3 is 49.1 Å². The highest BCUT2D eigenvalue weighted by Crippen LogP contribution is 2.65. The van der Waals surface area contributed by atoms with Gasteiger partial charge in [0.05, 0.1) is 35.6 Å². The fourth-order valence-corrected chi connectivity index (χ4v) is 9.37. The van der Waals surface area contributed by atoms with Crippen LogP contribution in [0.25, 0.3) is 0 Å². The Labute approximate surface area is 336 Å². The first-order valence-electron chi connectivity index (χ1n) is 19.3. The lowest BCUT2D eigenvalue weighted by Gasteiger charge is -2.67. The van der Waals surface area contributed by atoms with Crippen LogP contribution in [0.4, 0.5) is 4.79 Å². The predicted molar refractivity (Wildman–Crippen MR) is 201 cm³/mol. The predicted octanol–water partition coefficient (Wildman–Crippen LogP) is 2.54. The third-order valence-corrected chi connectivity index (χ3v) is 12.5. The van der Waals surface area contributed by atoms with Gasteiger partial charge >= 0.3 is 30.0 Å². The lowest BCUT2D eigenvalue weighted by Crippen LogP contribution is -2.81. The first-order valence-corrected chi connectivity index (χ1v) is 19.3. The average Bonchev–Trinajstić information content (AvgIpc) is 3.14. The molecule has 16 heteroatoms. The minimum Gasteiger partial charge on any atom is -0.460 e. The van der Waals surface area contributed by atoms with E-state index in [1.54, 1.807) is 52.8 Å². The van der Waals surface area contributed by atoms with E-state index in [9.17, 15) is 39.3 Å². The molecule has 3 aliphatic carbocycles. The van der Waals surface area contributed by atoms with Crippen molar-refractivity contribution in [3.05, 3.63) is 47.2 Å². The molecule has 316 valence electrons. The molecule has 2 bridgehead atoms. The number of aliphatic hydroxyl groups is 3. The van der Waals surface area contributed by atoms with Crippen molar-refractivity contribution in [1.29, 1.82) is 0 Å². The van der Waals surface area contributed by atoms with E-state index in [1.165, 1.54) is 19.1 Å². The van der Waals surface area contributed by atoms with E-state index in [4.69, 9.17) is 34.8 Å². The second kappa shape index (κ2) is 16.4. The number of hydrogen-bond donors (Lipinski definition) is 4. The van der Waals surface area contributed by atoms with Gasteiger partial charge in [0.2, 0.25) is 5.78 Å². The monoisotopic (exact) mass is 811 g/mol. The van der Waals surface area contributed by atoms with E-state index in [0.29, 0.717) is 0 Å². The smallest absolute Gasteiger partial charge is 0.407 e. The van der Waals surface area contributed by atoms with Gasteiger partial charge in [-0.2, -0.15) is 0 Å². The zero-order valence-corrected chi connectivity index (χ0v) is 33.9. The molecule has 4 N–H and O–H groups in total. The summed E-state index contributed by atoms with van der Waals surface area (Å²) in [6.07, 6.45) is -4.13. The van der Waals surface area contributed by atoms with E-state index < -0.39 is 124 Å². The summed E-state index contributed by atoms with van der Waals surface area (Å²) in [5.41, 5.74) is -7.82. The number of alkyl carbamates (subject to hydrolysis) is 1. The number of allylic oxidation sites excluding steroid dienone is 1. The molecular weight excluding hydrogens is 758 g/mol. The molecule has 4 aliphatic rings. The molecule has 9 unspecified atom stereocenters. The fourth-order valence-electron chi connectivity index (χ4n) is 9.37. The maximum Gasteiger partial charge on any atom is 0.407 e. The van der Waals surface area contributed by atoms with Crippen LogP contribution >= 0.6 is 0 Å². The van der Waals surface area contributed by atoms with Crippen LogP contribution in [0.15, 0.2) is 41.7 Å². The third-order valence-electron chi connectivity index (χ3n) is 12.5. The summed E-state index contributed by atoms with van der Waals surface area (Å²) in [6.45, 7) is 11.1. The number of terminal acetylenes is 1. The number of carbonyl (C=O) groups excluding carboxylic acids is 6. The standard InChI is InChI=1S/C42H53NO15/c1-10-11-17-53-38(51)43-30(21(2)3)31(47)37(50)56-26-19-42(52)35(57-36(49)25-15-13-12-14-16-25)33-40(9,27(46)18-28-41(33,20-54-28)58-24(6)45)34(48)32(55-23(5)44)29(22(26)4)39(42,7)8/h1,12-16,21-22,26-28,30-31,33,35,46-47,52H,11,17-20H2,2-9H3,(H,43,51)/t22?,26?,27?,28?,30?,31?,33?,35?,40-,41+,42?/m1/s1. The summed E-state index contributed by atoms with van der Waals surface area (Å²) in [5, 5.41) is 39.3. The van der Waals surface area contributed by atoms with Crippen molar-refractivity contribution in [3.63, 3.8) is 0 Å². The number of fused-ring (bicyclic) bond motifs is 5. The summed E-state index contributed by atoms with van der Waals surface area (Å²) in [6, 6.07) is 6.57. The quantitative estimate of drug-likeness (QED) is 0.109. The molecule has 1 aromatic rings. The van der Waals surface area contributed by atoms with Gasteiger partial charge in [-0.15, -0.1) is 12.3 Å². The van der Waals surface area contributed by atoms with E-state index in [0.717, 1.165) is 13.8 Å². The summed E-state index contributed by atoms with van der Waals surface area (Å²) >= 11 is 0. The molecule has 58 heavy (non-hydrogen) atoms. The van der Waals surface area contributed by atoms with Crippen molar-refractivity contribution in [2.45, 2.75) is 122 Å². The summed E-state index contributed by atoms with van der Waals surface area (Å²) in [4.78, 5) is 81.7. The van der Waals surface area contributed by atoms with E-state index in [1.807, 2.05) is 0 Å². The van der Waals surface area contributed by atoms with Crippen LogP contribution < -0.4 is 5.32 Å². The molecule has 11 atom stereocenters. The normalized spacial score (nSPS) is 33.3. The number of ketones is 1. The van der Waals surface area contributed by atoms with Crippen LogP contribution in [-0.2, 0) is 47.6 Å². The maximum absolute atomic E-state index is 15.3. The lowest BCUT2D eigenvalue weighted by molar-refractivity contribution is -0.345. The molecule has 1 aromatic carbocycles. The molecule has 16 nitrogen and oxygen atoms in total. The Kier molecular flexibility index (Phi) is 12.6. The topological polar surface area (TPSA) is 231 Å². The van der Waals surface area contributed by atoms with Crippen LogP contribution in [0.1, 0.15) is 85.0 Å². The Morgan fingerprint density at radius 2 is 1.71 bits per heavy atom. The molecule has 2 saturated carbocycles. The van der Waals surface area contributed by atoms with Gasteiger partial charge in [0.25, 0.3) is 0 Å². The highest BCUT2D eigenvalue weighted by atomic mass is 16.6. The number of esters is 4. The number of nitrogens with one attached hydrogen (secondary N) is 1. The van der Waals surface area contributed by atoms with Crippen LogP contribution in [0.5, 0.6) is 0 Å². The number of amides is 1. The fraction of sp³-hybridized carbons (Fsp3) is 0.619. The number of rotatable bonds is 11. The molecule has 1 amide bonds. The van der Waals surface area contributed by atoms with E-state index in [2.05, 4.69) is 11.2 Å². The lowest BCUT2D eigenvalue weighted by atomic mass is 9.45. The highest BCUT2D eigenvalue weighted by molar-refractivity contribution is 6.02. The zero-order chi connectivity index (χ0) is 43.1. The number of hydrogen-bond acceptors (Lipinski definition) is 15. The molecular formula is C42H53NO15. The Morgan fingerprint density at radius 3 is 2.26 bits per heavy atom. The van der Waals surface area contributed by atoms with Gasteiger partial charge in [0, 0.05) is 44.4 Å². The van der Waals surface area contributed by atoms with E-state index >= 15 is 4.79 Å². The summed E-state index contributed by atoms with van der Waals surface area (Å²) in [7, 11) is 0. The van der Waals surface area contributed by atoms with Gasteiger partial charge in [-0.3, -0.25) is 14.4 Å². The minimum atomic E-state index is -2.38. The van der Waals surface area contributed by atoms with Gasteiger partial charge in [-0.05, 0) is 30.5 Å². The van der Waals surface area contributed by atoms with Gasteiger partial charge in [0.1, 0.15) is 30.5 Å². The van der Waals surface area contributed by atoms with Crippen molar-refractivity contribution in [1.82, 2.24) is 5.32 Å². The summed E-state index contributed by atoms with van der Waals surface area (Å²) < 4.78 is 34.9. The third kappa shape index (κ3) is 7.49. The molecule has 0 aromatic heterocycles. The van der Waals surface area contributed by atoms with Crippen molar-refractivity contribution in [2.24, 2.45) is 28.6 Å². The van der Waals surface area contributed by atoms with Crippen molar-refractivity contribution in [3.8, 4) is 12.3 Å². The van der Waals surface area contributed by atoms with Crippen LogP contribution in [0.2, 0.25) is 0 Å². The second-order valence-electron chi connectivity index (χ2n) is 16.7. The van der Waals surface area contributed by atoms with Gasteiger partial charge in [-0.1, -0.05) is 52.8 Å². The Morgan fingerprint density at radius 1 is 1.05 bits per heavy atom. The number of Topliss-reactive ketones (excluding diaryl/α,β-unsaturated/α-hetero) is 1. The Balaban J connectivity index is 1.71. The van der Waals surface area contributed by atoms with Crippen molar-refractivity contribution in [2.75, 3.05) is 13.2 Å². The first kappa shape index (κ1) is 44.3. The van der Waals surface area contributed by atoms with Crippen LogP contribution in [0.3, 0.4) is 0 Å².